The van der Waals surface area contributed by atoms with Crippen LogP contribution in [0.3, 0.4) is 0 Å². The maximum Gasteiger partial charge on any atom is 0.269 e. The predicted molar refractivity (Wildman–Crippen MR) is 135 cm³/mol. The minimum absolute atomic E-state index is 0.0156. The van der Waals surface area contributed by atoms with Gasteiger partial charge in [-0.3, -0.25) is 10.1 Å². The first-order valence-electron chi connectivity index (χ1n) is 11.0. The first-order valence-corrected chi connectivity index (χ1v) is 11.0. The highest BCUT2D eigenvalue weighted by atomic mass is 16.6. The van der Waals surface area contributed by atoms with Crippen LogP contribution in [0.15, 0.2) is 105 Å². The van der Waals surface area contributed by atoms with E-state index in [-0.39, 0.29) is 5.69 Å². The molecule has 0 unspecified atom stereocenters. The second kappa shape index (κ2) is 10.4. The molecule has 0 N–H and O–H groups in total. The average Bonchev–Trinajstić information content (AvgIpc) is 2.88. The van der Waals surface area contributed by atoms with Gasteiger partial charge in [-0.2, -0.15) is 10.2 Å². The third-order valence-corrected chi connectivity index (χ3v) is 5.46. The summed E-state index contributed by atoms with van der Waals surface area (Å²) in [5, 5.41) is 30.1. The van der Waals surface area contributed by atoms with Crippen molar-refractivity contribution in [3.05, 3.63) is 95.0 Å². The van der Waals surface area contributed by atoms with Crippen molar-refractivity contribution >= 4 is 44.9 Å². The molecule has 0 aliphatic heterocycles. The van der Waals surface area contributed by atoms with Crippen molar-refractivity contribution in [2.75, 3.05) is 18.0 Å². The van der Waals surface area contributed by atoms with Gasteiger partial charge < -0.3 is 4.90 Å². The molecular weight excluding hydrogens is 428 g/mol. The van der Waals surface area contributed by atoms with Gasteiger partial charge in [0.1, 0.15) is 0 Å². The number of nitro benzene ring substituents is 1. The van der Waals surface area contributed by atoms with Crippen LogP contribution in [0, 0.1) is 10.1 Å². The molecule has 4 aromatic rings. The van der Waals surface area contributed by atoms with Crippen molar-refractivity contribution in [3.63, 3.8) is 0 Å². The molecule has 170 valence electrons. The van der Waals surface area contributed by atoms with Gasteiger partial charge in [-0.15, -0.1) is 10.2 Å². The van der Waals surface area contributed by atoms with Gasteiger partial charge in [-0.1, -0.05) is 24.3 Å². The zero-order valence-electron chi connectivity index (χ0n) is 19.0. The van der Waals surface area contributed by atoms with E-state index in [1.807, 2.05) is 48.5 Å². The highest BCUT2D eigenvalue weighted by Crippen LogP contribution is 2.35. The summed E-state index contributed by atoms with van der Waals surface area (Å²) in [6.45, 7) is 6.18. The van der Waals surface area contributed by atoms with Gasteiger partial charge in [0.05, 0.1) is 27.7 Å². The molecule has 0 radical (unpaired) electrons. The summed E-state index contributed by atoms with van der Waals surface area (Å²) in [5.74, 6) is 0. The Morgan fingerprint density at radius 3 is 1.59 bits per heavy atom. The van der Waals surface area contributed by atoms with Crippen LogP contribution in [0.4, 0.5) is 34.1 Å². The average molecular weight is 453 g/mol. The Morgan fingerprint density at radius 1 is 0.676 bits per heavy atom. The monoisotopic (exact) mass is 452 g/mol. The van der Waals surface area contributed by atoms with Crippen LogP contribution in [-0.4, -0.2) is 18.0 Å². The minimum Gasteiger partial charge on any atom is -0.372 e. The quantitative estimate of drug-likeness (QED) is 0.152. The molecule has 0 fully saturated rings. The van der Waals surface area contributed by atoms with E-state index >= 15 is 0 Å². The topological polar surface area (TPSA) is 95.8 Å². The summed E-state index contributed by atoms with van der Waals surface area (Å²) in [7, 11) is 0. The van der Waals surface area contributed by atoms with E-state index in [2.05, 4.69) is 51.3 Å². The van der Waals surface area contributed by atoms with Crippen molar-refractivity contribution in [1.29, 1.82) is 0 Å². The molecule has 0 amide bonds. The number of nitrogens with zero attached hydrogens (tertiary/aromatic N) is 6. The summed E-state index contributed by atoms with van der Waals surface area (Å²) in [6.07, 6.45) is 0. The lowest BCUT2D eigenvalue weighted by Gasteiger charge is -2.20. The molecule has 0 saturated carbocycles. The van der Waals surface area contributed by atoms with Crippen molar-refractivity contribution in [1.82, 2.24) is 0 Å². The van der Waals surface area contributed by atoms with E-state index in [0.717, 1.165) is 40.9 Å². The number of benzene rings is 4. The third kappa shape index (κ3) is 5.12. The van der Waals surface area contributed by atoms with E-state index < -0.39 is 4.92 Å². The largest absolute Gasteiger partial charge is 0.372 e. The van der Waals surface area contributed by atoms with Crippen LogP contribution in [0.5, 0.6) is 0 Å². The third-order valence-electron chi connectivity index (χ3n) is 5.46. The van der Waals surface area contributed by atoms with Crippen LogP contribution in [-0.2, 0) is 0 Å². The molecule has 8 heteroatoms. The fourth-order valence-electron chi connectivity index (χ4n) is 3.62. The van der Waals surface area contributed by atoms with E-state index in [1.54, 1.807) is 12.1 Å². The fraction of sp³-hybridized carbons (Fsp3) is 0.154. The van der Waals surface area contributed by atoms with Gasteiger partial charge >= 0.3 is 0 Å². The Hall–Kier alpha value is -4.46. The van der Waals surface area contributed by atoms with Gasteiger partial charge in [0, 0.05) is 41.7 Å². The van der Waals surface area contributed by atoms with Crippen LogP contribution < -0.4 is 4.90 Å². The van der Waals surface area contributed by atoms with E-state index in [9.17, 15) is 10.1 Å². The molecule has 0 bridgehead atoms. The molecule has 4 aromatic carbocycles. The lowest BCUT2D eigenvalue weighted by molar-refractivity contribution is -0.384. The molecule has 0 aromatic heterocycles. The Morgan fingerprint density at radius 2 is 1.15 bits per heavy atom. The standard InChI is InChI=1S/C26H24N6O2/c1-3-31(4-2)21-13-9-19(10-14-21)27-29-25-17-18-26(24-8-6-5-7-23(24)25)30-28-20-11-15-22(16-12-20)32(33)34/h5-18H,3-4H2,1-2H3/b29-27+,30-28+. The van der Waals surface area contributed by atoms with Crippen molar-refractivity contribution in [3.8, 4) is 0 Å². The van der Waals surface area contributed by atoms with Gasteiger partial charge in [0.2, 0.25) is 0 Å². The number of hydrogen-bond acceptors (Lipinski definition) is 7. The summed E-state index contributed by atoms with van der Waals surface area (Å²) in [5.41, 5.74) is 3.90. The number of fused-ring (bicyclic) bond motifs is 1. The molecule has 34 heavy (non-hydrogen) atoms. The summed E-state index contributed by atoms with van der Waals surface area (Å²) in [4.78, 5) is 12.6. The highest BCUT2D eigenvalue weighted by molar-refractivity contribution is 5.99. The molecule has 0 aliphatic carbocycles. The van der Waals surface area contributed by atoms with Gasteiger partial charge in [-0.25, -0.2) is 0 Å². The van der Waals surface area contributed by atoms with E-state index in [0.29, 0.717) is 11.4 Å². The zero-order valence-corrected chi connectivity index (χ0v) is 19.0. The second-order valence-corrected chi connectivity index (χ2v) is 7.51. The summed E-state index contributed by atoms with van der Waals surface area (Å²) < 4.78 is 0. The number of non-ortho nitro benzene ring substituents is 1. The smallest absolute Gasteiger partial charge is 0.269 e. The van der Waals surface area contributed by atoms with Gasteiger partial charge in [0.15, 0.2) is 0 Å². The number of nitro groups is 1. The Balaban J connectivity index is 1.58. The molecule has 0 atom stereocenters. The summed E-state index contributed by atoms with van der Waals surface area (Å²) in [6, 6.07) is 25.5. The van der Waals surface area contributed by atoms with Crippen LogP contribution >= 0.6 is 0 Å². The van der Waals surface area contributed by atoms with E-state index in [4.69, 9.17) is 0 Å². The molecule has 4 rings (SSSR count). The van der Waals surface area contributed by atoms with Crippen molar-refractivity contribution in [2.45, 2.75) is 13.8 Å². The molecule has 0 saturated heterocycles. The number of rotatable bonds is 8. The number of anilines is 1. The molecule has 0 spiro atoms. The SMILES string of the molecule is CCN(CC)c1ccc(/N=N/c2ccc(/N=N/c3ccc([N+](=O)[O-])cc3)c3ccccc23)cc1. The van der Waals surface area contributed by atoms with E-state index in [1.165, 1.54) is 12.1 Å². The number of hydrogen-bond donors (Lipinski definition) is 0. The maximum absolute atomic E-state index is 10.8. The Kier molecular flexibility index (Phi) is 6.98. The number of azo groups is 2. The van der Waals surface area contributed by atoms with Crippen LogP contribution in [0.1, 0.15) is 13.8 Å². The second-order valence-electron chi connectivity index (χ2n) is 7.51. The van der Waals surface area contributed by atoms with Gasteiger partial charge in [-0.05, 0) is 62.4 Å². The Labute approximate surface area is 197 Å². The Bertz CT molecular complexity index is 1340. The molecule has 0 aliphatic rings. The zero-order chi connectivity index (χ0) is 23.9. The highest BCUT2D eigenvalue weighted by Gasteiger charge is 2.07. The maximum atomic E-state index is 10.8. The first-order chi connectivity index (χ1) is 16.6. The van der Waals surface area contributed by atoms with Crippen LogP contribution in [0.2, 0.25) is 0 Å². The predicted octanol–water partition coefficient (Wildman–Crippen LogP) is 8.43. The summed E-state index contributed by atoms with van der Waals surface area (Å²) >= 11 is 0. The molecule has 0 heterocycles. The molecule has 8 nitrogen and oxygen atoms in total. The lowest BCUT2D eigenvalue weighted by atomic mass is 10.1. The first kappa shape index (κ1) is 22.7. The van der Waals surface area contributed by atoms with Crippen molar-refractivity contribution < 1.29 is 4.92 Å². The van der Waals surface area contributed by atoms with Gasteiger partial charge in [0.25, 0.3) is 5.69 Å². The molecular formula is C26H24N6O2. The fourth-order valence-corrected chi connectivity index (χ4v) is 3.62. The normalized spacial score (nSPS) is 11.5. The van der Waals surface area contributed by atoms with Crippen molar-refractivity contribution in [2.24, 2.45) is 20.5 Å². The lowest BCUT2D eigenvalue weighted by Crippen LogP contribution is -2.21. The van der Waals surface area contributed by atoms with Crippen LogP contribution in [0.25, 0.3) is 10.8 Å². The minimum atomic E-state index is -0.443.